The molecule has 2 aromatic rings. The maximum atomic E-state index is 6.01. The zero-order valence-electron chi connectivity index (χ0n) is 12.8. The van der Waals surface area contributed by atoms with Gasteiger partial charge in [-0.25, -0.2) is 4.98 Å². The lowest BCUT2D eigenvalue weighted by molar-refractivity contribution is 0.462. The molecule has 4 nitrogen and oxygen atoms in total. The van der Waals surface area contributed by atoms with Crippen molar-refractivity contribution in [1.29, 1.82) is 0 Å². The van der Waals surface area contributed by atoms with E-state index in [1.54, 1.807) is 0 Å². The van der Waals surface area contributed by atoms with E-state index in [4.69, 9.17) is 11.6 Å². The van der Waals surface area contributed by atoms with E-state index < -0.39 is 0 Å². The summed E-state index contributed by atoms with van der Waals surface area (Å²) in [4.78, 5) is 9.02. The number of hydrogen-bond donors (Lipinski definition) is 2. The van der Waals surface area contributed by atoms with Crippen molar-refractivity contribution in [3.8, 4) is 0 Å². The Labute approximate surface area is 136 Å². The van der Waals surface area contributed by atoms with Gasteiger partial charge in [0.2, 0.25) is 5.95 Å². The summed E-state index contributed by atoms with van der Waals surface area (Å²) < 4.78 is 0. The SMILES string of the molecule is Cc1cc(NC2CCCCC2)nc(Nc2cccc(Cl)c2)n1. The predicted octanol–water partition coefficient (Wildman–Crippen LogP) is 4.93. The van der Waals surface area contributed by atoms with E-state index in [-0.39, 0.29) is 0 Å². The van der Waals surface area contributed by atoms with Crippen LogP contribution in [0.1, 0.15) is 37.8 Å². The molecule has 1 heterocycles. The van der Waals surface area contributed by atoms with Gasteiger partial charge in [-0.15, -0.1) is 0 Å². The van der Waals surface area contributed by atoms with Gasteiger partial charge in [0, 0.05) is 28.5 Å². The smallest absolute Gasteiger partial charge is 0.229 e. The summed E-state index contributed by atoms with van der Waals surface area (Å²) in [5.41, 5.74) is 1.83. The molecule has 1 aliphatic carbocycles. The highest BCUT2D eigenvalue weighted by Crippen LogP contribution is 2.23. The first-order valence-corrected chi connectivity index (χ1v) is 8.22. The van der Waals surface area contributed by atoms with Crippen LogP contribution in [-0.2, 0) is 0 Å². The number of benzene rings is 1. The number of halogens is 1. The van der Waals surface area contributed by atoms with Crippen molar-refractivity contribution in [3.05, 3.63) is 41.0 Å². The highest BCUT2D eigenvalue weighted by Gasteiger charge is 2.14. The third-order valence-electron chi connectivity index (χ3n) is 3.89. The number of nitrogens with one attached hydrogen (secondary N) is 2. The lowest BCUT2D eigenvalue weighted by atomic mass is 9.95. The quantitative estimate of drug-likeness (QED) is 0.840. The van der Waals surface area contributed by atoms with Crippen LogP contribution >= 0.6 is 11.6 Å². The standard InChI is InChI=1S/C17H21ClN4/c1-12-10-16(20-14-7-3-2-4-8-14)22-17(19-12)21-15-9-5-6-13(18)11-15/h5-6,9-11,14H,2-4,7-8H2,1H3,(H2,19,20,21,22). The van der Waals surface area contributed by atoms with Gasteiger partial charge in [-0.2, -0.15) is 4.98 Å². The second-order valence-corrected chi connectivity index (χ2v) is 6.27. The van der Waals surface area contributed by atoms with Gasteiger partial charge in [-0.05, 0) is 38.0 Å². The molecule has 5 heteroatoms. The Morgan fingerprint density at radius 2 is 1.91 bits per heavy atom. The molecule has 1 aromatic carbocycles. The van der Waals surface area contributed by atoms with Gasteiger partial charge in [0.15, 0.2) is 0 Å². The summed E-state index contributed by atoms with van der Waals surface area (Å²) in [6.45, 7) is 1.98. The van der Waals surface area contributed by atoms with Crippen molar-refractivity contribution in [3.63, 3.8) is 0 Å². The van der Waals surface area contributed by atoms with E-state index >= 15 is 0 Å². The Bertz CT molecular complexity index is 638. The van der Waals surface area contributed by atoms with Gasteiger partial charge in [0.25, 0.3) is 0 Å². The highest BCUT2D eigenvalue weighted by atomic mass is 35.5. The summed E-state index contributed by atoms with van der Waals surface area (Å²) in [6, 6.07) is 10.1. The molecular formula is C17H21ClN4. The fourth-order valence-electron chi connectivity index (χ4n) is 2.85. The van der Waals surface area contributed by atoms with Crippen LogP contribution in [0.25, 0.3) is 0 Å². The summed E-state index contributed by atoms with van der Waals surface area (Å²) in [5.74, 6) is 1.49. The van der Waals surface area contributed by atoms with Crippen molar-refractivity contribution in [2.24, 2.45) is 0 Å². The predicted molar refractivity (Wildman–Crippen MR) is 92.0 cm³/mol. The normalized spacial score (nSPS) is 15.5. The number of aromatic nitrogens is 2. The lowest BCUT2D eigenvalue weighted by Crippen LogP contribution is -2.23. The van der Waals surface area contributed by atoms with Crippen LogP contribution in [0.5, 0.6) is 0 Å². The Morgan fingerprint density at radius 1 is 1.09 bits per heavy atom. The van der Waals surface area contributed by atoms with Crippen molar-refractivity contribution < 1.29 is 0 Å². The number of anilines is 3. The number of aryl methyl sites for hydroxylation is 1. The molecule has 1 aromatic heterocycles. The van der Waals surface area contributed by atoms with E-state index in [1.165, 1.54) is 32.1 Å². The minimum atomic E-state index is 0.530. The largest absolute Gasteiger partial charge is 0.367 e. The molecule has 0 radical (unpaired) electrons. The second-order valence-electron chi connectivity index (χ2n) is 5.83. The Balaban J connectivity index is 1.74. The first kappa shape index (κ1) is 15.1. The molecule has 0 bridgehead atoms. The summed E-state index contributed by atoms with van der Waals surface area (Å²) in [6.07, 6.45) is 6.40. The minimum absolute atomic E-state index is 0.530. The van der Waals surface area contributed by atoms with E-state index in [0.29, 0.717) is 17.0 Å². The van der Waals surface area contributed by atoms with Crippen LogP contribution in [-0.4, -0.2) is 16.0 Å². The second kappa shape index (κ2) is 6.97. The average Bonchev–Trinajstić information content (AvgIpc) is 2.47. The molecule has 0 saturated heterocycles. The van der Waals surface area contributed by atoms with Crippen molar-refractivity contribution in [1.82, 2.24) is 9.97 Å². The van der Waals surface area contributed by atoms with E-state index in [9.17, 15) is 0 Å². The molecule has 116 valence electrons. The molecule has 1 saturated carbocycles. The van der Waals surface area contributed by atoms with Crippen LogP contribution in [0, 0.1) is 6.92 Å². The molecular weight excluding hydrogens is 296 g/mol. The molecule has 0 amide bonds. The number of rotatable bonds is 4. The lowest BCUT2D eigenvalue weighted by Gasteiger charge is -2.23. The monoisotopic (exact) mass is 316 g/mol. The van der Waals surface area contributed by atoms with Crippen LogP contribution in [0.3, 0.4) is 0 Å². The molecule has 0 spiro atoms. The molecule has 1 aliphatic rings. The molecule has 0 unspecified atom stereocenters. The highest BCUT2D eigenvalue weighted by molar-refractivity contribution is 6.30. The van der Waals surface area contributed by atoms with E-state index in [1.807, 2.05) is 37.3 Å². The molecule has 0 aliphatic heterocycles. The Hall–Kier alpha value is -1.81. The molecule has 1 fully saturated rings. The van der Waals surface area contributed by atoms with Crippen LogP contribution in [0.4, 0.5) is 17.5 Å². The summed E-state index contributed by atoms with van der Waals surface area (Å²) in [7, 11) is 0. The molecule has 3 rings (SSSR count). The Kier molecular flexibility index (Phi) is 4.78. The van der Waals surface area contributed by atoms with Crippen molar-refractivity contribution in [2.45, 2.75) is 45.1 Å². The van der Waals surface area contributed by atoms with Gasteiger partial charge in [-0.1, -0.05) is 36.9 Å². The van der Waals surface area contributed by atoms with Gasteiger partial charge in [-0.3, -0.25) is 0 Å². The van der Waals surface area contributed by atoms with Crippen molar-refractivity contribution in [2.75, 3.05) is 10.6 Å². The fraction of sp³-hybridized carbons (Fsp3) is 0.412. The maximum absolute atomic E-state index is 6.01. The fourth-order valence-corrected chi connectivity index (χ4v) is 3.04. The third kappa shape index (κ3) is 4.10. The van der Waals surface area contributed by atoms with Gasteiger partial charge < -0.3 is 10.6 Å². The van der Waals surface area contributed by atoms with Crippen LogP contribution < -0.4 is 10.6 Å². The third-order valence-corrected chi connectivity index (χ3v) is 4.13. The molecule has 2 N–H and O–H groups in total. The number of nitrogens with zero attached hydrogens (tertiary/aromatic N) is 2. The zero-order valence-corrected chi connectivity index (χ0v) is 13.5. The van der Waals surface area contributed by atoms with E-state index in [0.717, 1.165) is 17.2 Å². The topological polar surface area (TPSA) is 49.8 Å². The average molecular weight is 317 g/mol. The summed E-state index contributed by atoms with van der Waals surface area (Å²) in [5, 5.41) is 7.45. The van der Waals surface area contributed by atoms with Gasteiger partial charge in [0.1, 0.15) is 5.82 Å². The summed E-state index contributed by atoms with van der Waals surface area (Å²) >= 11 is 6.01. The van der Waals surface area contributed by atoms with Crippen molar-refractivity contribution >= 4 is 29.1 Å². The van der Waals surface area contributed by atoms with Crippen LogP contribution in [0.2, 0.25) is 5.02 Å². The molecule has 22 heavy (non-hydrogen) atoms. The minimum Gasteiger partial charge on any atom is -0.367 e. The first-order chi connectivity index (χ1) is 10.7. The molecule has 0 atom stereocenters. The van der Waals surface area contributed by atoms with Gasteiger partial charge in [0.05, 0.1) is 0 Å². The number of hydrogen-bond acceptors (Lipinski definition) is 4. The zero-order chi connectivity index (χ0) is 15.4. The van der Waals surface area contributed by atoms with Crippen LogP contribution in [0.15, 0.2) is 30.3 Å². The van der Waals surface area contributed by atoms with E-state index in [2.05, 4.69) is 20.6 Å². The maximum Gasteiger partial charge on any atom is 0.229 e. The first-order valence-electron chi connectivity index (χ1n) is 7.84. The Morgan fingerprint density at radius 3 is 2.68 bits per heavy atom. The van der Waals surface area contributed by atoms with Gasteiger partial charge >= 0.3 is 0 Å².